The minimum absolute atomic E-state index is 0.165. The number of piperazine rings is 1. The lowest BCUT2D eigenvalue weighted by Gasteiger charge is -2.34. The van der Waals surface area contributed by atoms with Gasteiger partial charge >= 0.3 is 0 Å². The van der Waals surface area contributed by atoms with Gasteiger partial charge in [0.25, 0.3) is 0 Å². The molecule has 29 heavy (non-hydrogen) atoms. The van der Waals surface area contributed by atoms with Crippen molar-refractivity contribution in [1.82, 2.24) is 25.5 Å². The molecule has 9 heteroatoms. The first-order chi connectivity index (χ1) is 14.2. The summed E-state index contributed by atoms with van der Waals surface area (Å²) in [5.41, 5.74) is 0. The number of nitrogens with one attached hydrogen (secondary N) is 2. The normalized spacial score (nSPS) is 14.8. The van der Waals surface area contributed by atoms with Crippen LogP contribution in [0.2, 0.25) is 0 Å². The van der Waals surface area contributed by atoms with Crippen molar-refractivity contribution < 1.29 is 9.53 Å². The molecule has 2 heterocycles. The van der Waals surface area contributed by atoms with Crippen molar-refractivity contribution in [3.63, 3.8) is 0 Å². The Balaban J connectivity index is 1.65. The van der Waals surface area contributed by atoms with Crippen LogP contribution in [0.25, 0.3) is 0 Å². The van der Waals surface area contributed by atoms with Crippen molar-refractivity contribution in [3.8, 4) is 0 Å². The molecule has 0 unspecified atom stereocenters. The average molecular weight is 406 g/mol. The summed E-state index contributed by atoms with van der Waals surface area (Å²) in [7, 11) is 0. The summed E-state index contributed by atoms with van der Waals surface area (Å²) in [6.07, 6.45) is 5.94. The van der Waals surface area contributed by atoms with Crippen molar-refractivity contribution in [1.29, 1.82) is 0 Å². The van der Waals surface area contributed by atoms with Gasteiger partial charge in [-0.15, -0.1) is 0 Å². The molecule has 0 atom stereocenters. The number of nitrogens with zero attached hydrogens (tertiary/aromatic N) is 5. The van der Waals surface area contributed by atoms with Crippen molar-refractivity contribution >= 4 is 17.8 Å². The second-order valence-electron chi connectivity index (χ2n) is 6.76. The molecule has 0 bridgehead atoms. The number of ether oxygens (including phenoxy) is 1. The molecule has 1 aliphatic rings. The van der Waals surface area contributed by atoms with E-state index in [1.165, 1.54) is 0 Å². The smallest absolute Gasteiger partial charge is 0.225 e. The Labute approximate surface area is 173 Å². The number of anilines is 1. The van der Waals surface area contributed by atoms with Gasteiger partial charge < -0.3 is 25.2 Å². The van der Waals surface area contributed by atoms with Gasteiger partial charge in [0.15, 0.2) is 5.96 Å². The van der Waals surface area contributed by atoms with Crippen LogP contribution in [-0.4, -0.2) is 85.8 Å². The van der Waals surface area contributed by atoms with E-state index in [9.17, 15) is 4.79 Å². The fourth-order valence-electron chi connectivity index (χ4n) is 3.05. The Bertz CT molecular complexity index is 604. The first-order valence-corrected chi connectivity index (χ1v) is 10.6. The van der Waals surface area contributed by atoms with Crippen LogP contribution >= 0.6 is 0 Å². The van der Waals surface area contributed by atoms with Gasteiger partial charge in [-0.2, -0.15) is 0 Å². The third-order valence-corrected chi connectivity index (χ3v) is 4.61. The van der Waals surface area contributed by atoms with E-state index in [-0.39, 0.29) is 5.91 Å². The summed E-state index contributed by atoms with van der Waals surface area (Å²) in [4.78, 5) is 29.6. The number of carbonyl (C=O) groups excluding carboxylic acids is 1. The lowest BCUT2D eigenvalue weighted by Crippen LogP contribution is -2.50. The Morgan fingerprint density at radius 2 is 1.90 bits per heavy atom. The number of aromatic nitrogens is 2. The summed E-state index contributed by atoms with van der Waals surface area (Å²) < 4.78 is 5.34. The molecule has 1 saturated heterocycles. The highest BCUT2D eigenvalue weighted by Crippen LogP contribution is 2.10. The minimum atomic E-state index is 0.165. The summed E-state index contributed by atoms with van der Waals surface area (Å²) >= 11 is 0. The lowest BCUT2D eigenvalue weighted by molar-refractivity contribution is -0.131. The SMILES string of the molecule is CCNC(=NCCCCOCC)NCCC(=O)N1CCN(c2ncccn2)CC1. The molecule has 1 amide bonds. The Morgan fingerprint density at radius 1 is 1.14 bits per heavy atom. The standard InChI is InChI=1S/C20H35N7O2/c1-3-21-19(22-9-5-6-17-29-4-2)23-12-8-18(28)26-13-15-27(16-14-26)20-24-10-7-11-25-20/h7,10-11H,3-6,8-9,12-17H2,1-2H3,(H2,21,22,23). The van der Waals surface area contributed by atoms with Crippen LogP contribution in [0.4, 0.5) is 5.95 Å². The van der Waals surface area contributed by atoms with E-state index < -0.39 is 0 Å². The van der Waals surface area contributed by atoms with Gasteiger partial charge in [-0.25, -0.2) is 9.97 Å². The van der Waals surface area contributed by atoms with Crippen LogP contribution in [0.1, 0.15) is 33.1 Å². The Morgan fingerprint density at radius 3 is 2.59 bits per heavy atom. The van der Waals surface area contributed by atoms with Gasteiger partial charge in [0, 0.05) is 77.8 Å². The number of aliphatic imine (C=N–C) groups is 1. The topological polar surface area (TPSA) is 95.0 Å². The predicted molar refractivity (Wildman–Crippen MR) is 115 cm³/mol. The van der Waals surface area contributed by atoms with E-state index in [0.29, 0.717) is 26.1 Å². The number of guanidine groups is 1. The fraction of sp³-hybridized carbons (Fsp3) is 0.700. The van der Waals surface area contributed by atoms with Crippen LogP contribution < -0.4 is 15.5 Å². The molecular weight excluding hydrogens is 370 g/mol. The van der Waals surface area contributed by atoms with E-state index >= 15 is 0 Å². The van der Waals surface area contributed by atoms with Crippen LogP contribution in [0, 0.1) is 0 Å². The number of unbranched alkanes of at least 4 members (excludes halogenated alkanes) is 1. The molecule has 1 fully saturated rings. The number of rotatable bonds is 11. The number of amides is 1. The van der Waals surface area contributed by atoms with E-state index in [4.69, 9.17) is 4.74 Å². The molecular formula is C20H35N7O2. The first-order valence-electron chi connectivity index (χ1n) is 10.6. The van der Waals surface area contributed by atoms with Crippen LogP contribution in [-0.2, 0) is 9.53 Å². The molecule has 2 rings (SSSR count). The minimum Gasteiger partial charge on any atom is -0.382 e. The van der Waals surface area contributed by atoms with E-state index in [0.717, 1.165) is 64.1 Å². The lowest BCUT2D eigenvalue weighted by atomic mass is 10.3. The van der Waals surface area contributed by atoms with Gasteiger partial charge in [0.1, 0.15) is 0 Å². The van der Waals surface area contributed by atoms with Crippen molar-refractivity contribution in [3.05, 3.63) is 18.5 Å². The summed E-state index contributed by atoms with van der Waals surface area (Å²) in [5.74, 6) is 1.66. The molecule has 0 aliphatic carbocycles. The molecule has 162 valence electrons. The second kappa shape index (κ2) is 13.7. The number of hydrogen-bond donors (Lipinski definition) is 2. The third-order valence-electron chi connectivity index (χ3n) is 4.61. The zero-order chi connectivity index (χ0) is 20.7. The van der Waals surface area contributed by atoms with Gasteiger partial charge in [0.2, 0.25) is 11.9 Å². The van der Waals surface area contributed by atoms with Crippen LogP contribution in [0.3, 0.4) is 0 Å². The molecule has 0 spiro atoms. The highest BCUT2D eigenvalue weighted by molar-refractivity contribution is 5.81. The van der Waals surface area contributed by atoms with Gasteiger partial charge in [-0.3, -0.25) is 9.79 Å². The molecule has 1 aliphatic heterocycles. The van der Waals surface area contributed by atoms with Gasteiger partial charge in [-0.1, -0.05) is 0 Å². The van der Waals surface area contributed by atoms with Crippen molar-refractivity contribution in [2.75, 3.05) is 63.9 Å². The maximum Gasteiger partial charge on any atom is 0.225 e. The average Bonchev–Trinajstić information content (AvgIpc) is 2.76. The highest BCUT2D eigenvalue weighted by atomic mass is 16.5. The molecule has 0 aromatic carbocycles. The van der Waals surface area contributed by atoms with Crippen molar-refractivity contribution in [2.45, 2.75) is 33.1 Å². The zero-order valence-electron chi connectivity index (χ0n) is 17.8. The second-order valence-corrected chi connectivity index (χ2v) is 6.76. The molecule has 1 aromatic rings. The molecule has 0 radical (unpaired) electrons. The van der Waals surface area contributed by atoms with E-state index in [2.05, 4.69) is 30.5 Å². The Hall–Kier alpha value is -2.42. The Kier molecular flexibility index (Phi) is 10.8. The van der Waals surface area contributed by atoms with E-state index in [1.54, 1.807) is 12.4 Å². The van der Waals surface area contributed by atoms with E-state index in [1.807, 2.05) is 24.8 Å². The monoisotopic (exact) mass is 405 g/mol. The molecule has 9 nitrogen and oxygen atoms in total. The summed E-state index contributed by atoms with van der Waals surface area (Å²) in [6.45, 7) is 10.6. The number of hydrogen-bond acceptors (Lipinski definition) is 6. The zero-order valence-corrected chi connectivity index (χ0v) is 17.8. The molecule has 1 aromatic heterocycles. The number of carbonyl (C=O) groups is 1. The maximum atomic E-state index is 12.5. The quantitative estimate of drug-likeness (QED) is 0.321. The largest absolute Gasteiger partial charge is 0.382 e. The van der Waals surface area contributed by atoms with Crippen LogP contribution in [0.5, 0.6) is 0 Å². The van der Waals surface area contributed by atoms with Gasteiger partial charge in [-0.05, 0) is 32.8 Å². The van der Waals surface area contributed by atoms with Crippen LogP contribution in [0.15, 0.2) is 23.5 Å². The molecule has 0 saturated carbocycles. The highest BCUT2D eigenvalue weighted by Gasteiger charge is 2.22. The first kappa shape index (κ1) is 22.9. The van der Waals surface area contributed by atoms with Gasteiger partial charge in [0.05, 0.1) is 0 Å². The van der Waals surface area contributed by atoms with Crippen molar-refractivity contribution in [2.24, 2.45) is 4.99 Å². The third kappa shape index (κ3) is 8.64. The fourth-order valence-corrected chi connectivity index (χ4v) is 3.05. The molecule has 2 N–H and O–H groups in total. The summed E-state index contributed by atoms with van der Waals surface area (Å²) in [5, 5.41) is 6.48. The summed E-state index contributed by atoms with van der Waals surface area (Å²) in [6, 6.07) is 1.81. The maximum absolute atomic E-state index is 12.5. The predicted octanol–water partition coefficient (Wildman–Crippen LogP) is 0.887.